The van der Waals surface area contributed by atoms with Crippen molar-refractivity contribution in [3.63, 3.8) is 0 Å². The van der Waals surface area contributed by atoms with Gasteiger partial charge in [0.15, 0.2) is 0 Å². The topological polar surface area (TPSA) is 46.6 Å². The minimum absolute atomic E-state index is 0.0157. The molecule has 114 valence electrons. The maximum Gasteiger partial charge on any atom is 0.397 e. The second kappa shape index (κ2) is 5.38. The van der Waals surface area contributed by atoms with Gasteiger partial charge in [-0.1, -0.05) is 17.7 Å². The Bertz CT molecular complexity index is 583. The average Bonchev–Trinajstić information content (AvgIpc) is 2.40. The van der Waals surface area contributed by atoms with E-state index < -0.39 is 37.1 Å². The number of ether oxygens (including phenoxy) is 1. The summed E-state index contributed by atoms with van der Waals surface area (Å²) in [4.78, 5) is 24.3. The van der Waals surface area contributed by atoms with Gasteiger partial charge in [0.2, 0.25) is 0 Å². The number of alkyl halides is 3. The third kappa shape index (κ3) is 3.01. The standard InChI is InChI=1S/C14H14F3NO3/c1-8-3-4-9-10(5-8)11(14(15,16)17)6-18(13(9)20)7-12(19)21-2/h3-5,11H,6-7H2,1-2H3. The highest BCUT2D eigenvalue weighted by Crippen LogP contribution is 2.40. The van der Waals surface area contributed by atoms with Crippen molar-refractivity contribution in [3.05, 3.63) is 34.9 Å². The van der Waals surface area contributed by atoms with E-state index >= 15 is 0 Å². The predicted octanol–water partition coefficient (Wildman–Crippen LogP) is 2.27. The van der Waals surface area contributed by atoms with Gasteiger partial charge in [-0.2, -0.15) is 13.2 Å². The summed E-state index contributed by atoms with van der Waals surface area (Å²) in [5, 5.41) is 0. The molecule has 0 aromatic heterocycles. The first kappa shape index (κ1) is 15.3. The van der Waals surface area contributed by atoms with E-state index in [2.05, 4.69) is 4.74 Å². The highest BCUT2D eigenvalue weighted by molar-refractivity contribution is 5.98. The first-order valence-corrected chi connectivity index (χ1v) is 6.27. The Morgan fingerprint density at radius 2 is 2.10 bits per heavy atom. The number of aryl methyl sites for hydroxylation is 1. The van der Waals surface area contributed by atoms with Gasteiger partial charge >= 0.3 is 12.1 Å². The Morgan fingerprint density at radius 3 is 2.67 bits per heavy atom. The largest absolute Gasteiger partial charge is 0.468 e. The van der Waals surface area contributed by atoms with E-state index in [-0.39, 0.29) is 11.1 Å². The number of esters is 1. The molecule has 0 fully saturated rings. The summed E-state index contributed by atoms with van der Waals surface area (Å²) < 4.78 is 44.1. The lowest BCUT2D eigenvalue weighted by Gasteiger charge is -2.34. The number of halogens is 3. The number of carbonyl (C=O) groups excluding carboxylic acids is 2. The molecule has 1 heterocycles. The summed E-state index contributed by atoms with van der Waals surface area (Å²) in [6, 6.07) is 4.32. The monoisotopic (exact) mass is 301 g/mol. The minimum atomic E-state index is -4.49. The fourth-order valence-corrected chi connectivity index (χ4v) is 2.37. The van der Waals surface area contributed by atoms with Crippen LogP contribution in [0.25, 0.3) is 0 Å². The fraction of sp³-hybridized carbons (Fsp3) is 0.429. The maximum atomic E-state index is 13.2. The van der Waals surface area contributed by atoms with Crippen molar-refractivity contribution in [2.24, 2.45) is 0 Å². The first-order valence-electron chi connectivity index (χ1n) is 6.27. The Hall–Kier alpha value is -2.05. The van der Waals surface area contributed by atoms with Crippen molar-refractivity contribution in [2.45, 2.75) is 19.0 Å². The summed E-state index contributed by atoms with van der Waals surface area (Å²) in [7, 11) is 1.12. The number of fused-ring (bicyclic) bond motifs is 1. The molecule has 1 unspecified atom stereocenters. The Kier molecular flexibility index (Phi) is 3.93. The van der Waals surface area contributed by atoms with Crippen LogP contribution in [-0.4, -0.2) is 43.2 Å². The molecule has 21 heavy (non-hydrogen) atoms. The summed E-state index contributed by atoms with van der Waals surface area (Å²) in [6.07, 6.45) is -4.49. The number of amides is 1. The lowest BCUT2D eigenvalue weighted by Crippen LogP contribution is -2.46. The van der Waals surface area contributed by atoms with Crippen LogP contribution in [0.2, 0.25) is 0 Å². The van der Waals surface area contributed by atoms with Crippen molar-refractivity contribution >= 4 is 11.9 Å². The van der Waals surface area contributed by atoms with Gasteiger partial charge in [-0.25, -0.2) is 0 Å². The Balaban J connectivity index is 2.45. The van der Waals surface area contributed by atoms with Crippen molar-refractivity contribution in [1.82, 2.24) is 4.90 Å². The number of nitrogens with zero attached hydrogens (tertiary/aromatic N) is 1. The molecule has 2 rings (SSSR count). The summed E-state index contributed by atoms with van der Waals surface area (Å²) in [5.41, 5.74) is 0.601. The maximum absolute atomic E-state index is 13.2. The van der Waals surface area contributed by atoms with Gasteiger partial charge in [0.05, 0.1) is 13.0 Å². The number of benzene rings is 1. The van der Waals surface area contributed by atoms with Crippen molar-refractivity contribution < 1.29 is 27.5 Å². The van der Waals surface area contributed by atoms with E-state index in [9.17, 15) is 22.8 Å². The molecule has 4 nitrogen and oxygen atoms in total. The molecule has 0 spiro atoms. The van der Waals surface area contributed by atoms with Crippen LogP contribution in [0.1, 0.15) is 27.4 Å². The average molecular weight is 301 g/mol. The van der Waals surface area contributed by atoms with Gasteiger partial charge < -0.3 is 9.64 Å². The second-order valence-electron chi connectivity index (χ2n) is 4.95. The minimum Gasteiger partial charge on any atom is -0.468 e. The molecule has 1 amide bonds. The molecule has 0 saturated carbocycles. The molecule has 0 aliphatic carbocycles. The van der Waals surface area contributed by atoms with Crippen LogP contribution in [0.4, 0.5) is 13.2 Å². The van der Waals surface area contributed by atoms with E-state index in [1.54, 1.807) is 13.0 Å². The Labute approximate surface area is 119 Å². The number of hydrogen-bond acceptors (Lipinski definition) is 3. The smallest absolute Gasteiger partial charge is 0.397 e. The zero-order valence-corrected chi connectivity index (χ0v) is 11.5. The highest BCUT2D eigenvalue weighted by Gasteiger charge is 2.47. The van der Waals surface area contributed by atoms with E-state index in [0.29, 0.717) is 5.56 Å². The van der Waals surface area contributed by atoms with Crippen LogP contribution in [0.15, 0.2) is 18.2 Å². The van der Waals surface area contributed by atoms with E-state index in [4.69, 9.17) is 0 Å². The third-order valence-electron chi connectivity index (χ3n) is 3.45. The number of rotatable bonds is 2. The number of methoxy groups -OCH3 is 1. The van der Waals surface area contributed by atoms with Crippen LogP contribution in [0.3, 0.4) is 0 Å². The molecule has 0 N–H and O–H groups in total. The van der Waals surface area contributed by atoms with E-state index in [0.717, 1.165) is 12.0 Å². The van der Waals surface area contributed by atoms with E-state index in [1.165, 1.54) is 12.1 Å². The molecule has 1 aliphatic rings. The Morgan fingerprint density at radius 1 is 1.43 bits per heavy atom. The molecule has 7 heteroatoms. The molecular formula is C14H14F3NO3. The molecule has 0 radical (unpaired) electrons. The lowest BCUT2D eigenvalue weighted by atomic mass is 9.87. The van der Waals surface area contributed by atoms with Crippen LogP contribution in [0.5, 0.6) is 0 Å². The SMILES string of the molecule is COC(=O)CN1CC(C(F)(F)F)c2cc(C)ccc2C1=O. The zero-order chi connectivity index (χ0) is 15.8. The highest BCUT2D eigenvalue weighted by atomic mass is 19.4. The normalized spacial score (nSPS) is 18.4. The number of hydrogen-bond donors (Lipinski definition) is 0. The quantitative estimate of drug-likeness (QED) is 0.787. The molecule has 1 aromatic carbocycles. The third-order valence-corrected chi connectivity index (χ3v) is 3.45. The fourth-order valence-electron chi connectivity index (χ4n) is 2.37. The van der Waals surface area contributed by atoms with E-state index in [1.807, 2.05) is 0 Å². The van der Waals surface area contributed by atoms with Gasteiger partial charge in [0.1, 0.15) is 6.54 Å². The molecule has 0 bridgehead atoms. The molecular weight excluding hydrogens is 287 g/mol. The lowest BCUT2D eigenvalue weighted by molar-refractivity contribution is -0.157. The van der Waals surface area contributed by atoms with Gasteiger partial charge in [-0.3, -0.25) is 9.59 Å². The zero-order valence-electron chi connectivity index (χ0n) is 11.5. The second-order valence-corrected chi connectivity index (χ2v) is 4.95. The van der Waals surface area contributed by atoms with Gasteiger partial charge in [0, 0.05) is 12.1 Å². The van der Waals surface area contributed by atoms with Gasteiger partial charge in [-0.05, 0) is 18.6 Å². The van der Waals surface area contributed by atoms with Gasteiger partial charge in [-0.15, -0.1) is 0 Å². The molecule has 1 atom stereocenters. The summed E-state index contributed by atoms with van der Waals surface area (Å²) >= 11 is 0. The predicted molar refractivity (Wildman–Crippen MR) is 67.9 cm³/mol. The van der Waals surface area contributed by atoms with Gasteiger partial charge in [0.25, 0.3) is 5.91 Å². The molecule has 0 saturated heterocycles. The van der Waals surface area contributed by atoms with Crippen LogP contribution in [0, 0.1) is 6.92 Å². The summed E-state index contributed by atoms with van der Waals surface area (Å²) in [5.74, 6) is -3.13. The molecule has 1 aromatic rings. The first-order chi connectivity index (χ1) is 9.74. The van der Waals surface area contributed by atoms with Crippen molar-refractivity contribution in [3.8, 4) is 0 Å². The number of carbonyl (C=O) groups is 2. The molecule has 1 aliphatic heterocycles. The summed E-state index contributed by atoms with van der Waals surface area (Å²) in [6.45, 7) is 0.599. The van der Waals surface area contributed by atoms with Crippen LogP contribution < -0.4 is 0 Å². The van der Waals surface area contributed by atoms with Crippen molar-refractivity contribution in [2.75, 3.05) is 20.2 Å². The van der Waals surface area contributed by atoms with Crippen LogP contribution in [-0.2, 0) is 9.53 Å². The van der Waals surface area contributed by atoms with Crippen molar-refractivity contribution in [1.29, 1.82) is 0 Å². The van der Waals surface area contributed by atoms with Crippen LogP contribution >= 0.6 is 0 Å².